The standard InChI is InChI=1S/C22H30ClNO3S/c1-22(2,14-8-3-4-10-16-11-5-6-12-17(16)23)19(25)20(26)24-15-9-7-13-18(24)21(27)28/h5-6,11-12,18H,3-4,7-10,13-15H2,1-2H3,(H,27,28). The van der Waals surface area contributed by atoms with E-state index in [1.54, 1.807) is 0 Å². The van der Waals surface area contributed by atoms with E-state index >= 15 is 0 Å². The van der Waals surface area contributed by atoms with Crippen molar-refractivity contribution in [2.45, 2.75) is 71.3 Å². The first-order chi connectivity index (χ1) is 13.2. The molecule has 0 N–H and O–H groups in total. The van der Waals surface area contributed by atoms with Crippen LogP contribution in [0, 0.1) is 5.41 Å². The molecule has 1 aromatic rings. The lowest BCUT2D eigenvalue weighted by atomic mass is 9.81. The Morgan fingerprint density at radius 3 is 2.54 bits per heavy atom. The Morgan fingerprint density at radius 1 is 1.14 bits per heavy atom. The van der Waals surface area contributed by atoms with Gasteiger partial charge in [-0.2, -0.15) is 0 Å². The summed E-state index contributed by atoms with van der Waals surface area (Å²) in [6.07, 6.45) is 6.67. The third-order valence-corrected chi connectivity index (χ3v) is 6.23. The van der Waals surface area contributed by atoms with Crippen LogP contribution in [0.4, 0.5) is 0 Å². The Labute approximate surface area is 178 Å². The maximum absolute atomic E-state index is 12.8. The molecule has 1 fully saturated rings. The minimum Gasteiger partial charge on any atom is -0.325 e. The predicted molar refractivity (Wildman–Crippen MR) is 116 cm³/mol. The van der Waals surface area contributed by atoms with Crippen LogP contribution in [0.3, 0.4) is 0 Å². The maximum atomic E-state index is 12.8. The van der Waals surface area contributed by atoms with Gasteiger partial charge in [-0.3, -0.25) is 14.4 Å². The first-order valence-electron chi connectivity index (χ1n) is 10.1. The highest BCUT2D eigenvalue weighted by Gasteiger charge is 2.39. The van der Waals surface area contributed by atoms with Crippen molar-refractivity contribution in [2.24, 2.45) is 5.41 Å². The van der Waals surface area contributed by atoms with Crippen LogP contribution in [0.25, 0.3) is 0 Å². The molecule has 0 saturated carbocycles. The molecule has 1 atom stereocenters. The number of hydrogen-bond donors (Lipinski definition) is 1. The number of carbonyl (C=O) groups excluding carboxylic acids is 3. The van der Waals surface area contributed by atoms with Crippen molar-refractivity contribution in [3.05, 3.63) is 34.9 Å². The van der Waals surface area contributed by atoms with Gasteiger partial charge in [0.05, 0.1) is 0 Å². The summed E-state index contributed by atoms with van der Waals surface area (Å²) >= 11 is 10.1. The largest absolute Gasteiger partial charge is 0.325 e. The van der Waals surface area contributed by atoms with Gasteiger partial charge in [0, 0.05) is 17.0 Å². The van der Waals surface area contributed by atoms with Crippen molar-refractivity contribution < 1.29 is 14.4 Å². The first kappa shape index (κ1) is 23.0. The lowest BCUT2D eigenvalue weighted by molar-refractivity contribution is -0.152. The van der Waals surface area contributed by atoms with Crippen LogP contribution in [-0.2, 0) is 20.8 Å². The van der Waals surface area contributed by atoms with Gasteiger partial charge in [0.1, 0.15) is 6.04 Å². The van der Waals surface area contributed by atoms with E-state index in [0.717, 1.165) is 49.1 Å². The molecule has 154 valence electrons. The number of hydrogen-bond acceptors (Lipinski definition) is 3. The zero-order chi connectivity index (χ0) is 20.7. The summed E-state index contributed by atoms with van der Waals surface area (Å²) in [7, 11) is 0. The fourth-order valence-corrected chi connectivity index (χ4v) is 4.22. The van der Waals surface area contributed by atoms with E-state index < -0.39 is 23.1 Å². The molecule has 6 heteroatoms. The van der Waals surface area contributed by atoms with Gasteiger partial charge in [0.15, 0.2) is 0 Å². The minimum atomic E-state index is -0.733. The van der Waals surface area contributed by atoms with Gasteiger partial charge >= 0.3 is 0 Å². The summed E-state index contributed by atoms with van der Waals surface area (Å²) in [5, 5.41) is 0.455. The zero-order valence-electron chi connectivity index (χ0n) is 16.7. The number of rotatable bonds is 9. The maximum Gasteiger partial charge on any atom is 0.291 e. The van der Waals surface area contributed by atoms with Gasteiger partial charge in [0.2, 0.25) is 10.9 Å². The van der Waals surface area contributed by atoms with Gasteiger partial charge in [-0.1, -0.05) is 56.5 Å². The van der Waals surface area contributed by atoms with E-state index in [-0.39, 0.29) is 5.12 Å². The van der Waals surface area contributed by atoms with Crippen molar-refractivity contribution in [2.75, 3.05) is 6.54 Å². The number of carbonyl (C=O) groups is 3. The van der Waals surface area contributed by atoms with Gasteiger partial charge < -0.3 is 4.90 Å². The van der Waals surface area contributed by atoms with Crippen molar-refractivity contribution >= 4 is 41.0 Å². The lowest BCUT2D eigenvalue weighted by Gasteiger charge is -2.35. The summed E-state index contributed by atoms with van der Waals surface area (Å²) in [5.74, 6) is -0.937. The fourth-order valence-electron chi connectivity index (χ4n) is 3.73. The number of likely N-dealkylation sites (tertiary alicyclic amines) is 1. The monoisotopic (exact) mass is 423 g/mol. The number of ketones is 1. The van der Waals surface area contributed by atoms with E-state index in [1.807, 2.05) is 38.1 Å². The van der Waals surface area contributed by atoms with Gasteiger partial charge in [-0.15, -0.1) is 12.6 Å². The van der Waals surface area contributed by atoms with Gasteiger partial charge in [0.25, 0.3) is 5.91 Å². The molecule has 0 aliphatic carbocycles. The molecular weight excluding hydrogens is 394 g/mol. The van der Waals surface area contributed by atoms with E-state index in [4.69, 9.17) is 11.6 Å². The molecule has 0 spiro atoms. The third-order valence-electron chi connectivity index (χ3n) is 5.56. The Hall–Kier alpha value is -1.33. The molecule has 1 saturated heterocycles. The van der Waals surface area contributed by atoms with Crippen molar-refractivity contribution in [3.8, 4) is 0 Å². The van der Waals surface area contributed by atoms with Crippen LogP contribution >= 0.6 is 24.2 Å². The van der Waals surface area contributed by atoms with Crippen LogP contribution in [0.2, 0.25) is 5.02 Å². The molecule has 0 aromatic heterocycles. The van der Waals surface area contributed by atoms with Crippen LogP contribution < -0.4 is 0 Å². The van der Waals surface area contributed by atoms with Crippen LogP contribution in [0.5, 0.6) is 0 Å². The third kappa shape index (κ3) is 6.08. The average Bonchev–Trinajstić information content (AvgIpc) is 2.67. The minimum absolute atomic E-state index is 0.335. The average molecular weight is 424 g/mol. The van der Waals surface area contributed by atoms with E-state index in [0.29, 0.717) is 19.4 Å². The molecule has 0 bridgehead atoms. The molecule has 1 aliphatic heterocycles. The Morgan fingerprint density at radius 2 is 1.86 bits per heavy atom. The Bertz CT molecular complexity index is 719. The second-order valence-corrected chi connectivity index (χ2v) is 9.06. The number of Topliss-reactive ketones (excluding diaryl/α,β-unsaturated/α-hetero) is 1. The van der Waals surface area contributed by atoms with Crippen molar-refractivity contribution in [1.29, 1.82) is 0 Å². The number of benzene rings is 1. The van der Waals surface area contributed by atoms with E-state index in [1.165, 1.54) is 4.90 Å². The van der Waals surface area contributed by atoms with Gasteiger partial charge in [-0.05, 0) is 50.2 Å². The number of amides is 1. The Balaban J connectivity index is 1.83. The summed E-state index contributed by atoms with van der Waals surface area (Å²) in [6, 6.07) is 7.27. The molecule has 1 heterocycles. The van der Waals surface area contributed by atoms with Crippen LogP contribution in [-0.4, -0.2) is 34.3 Å². The molecule has 0 radical (unpaired) electrons. The van der Waals surface area contributed by atoms with Crippen molar-refractivity contribution in [3.63, 3.8) is 0 Å². The molecule has 1 aliphatic rings. The van der Waals surface area contributed by atoms with E-state index in [2.05, 4.69) is 12.6 Å². The normalized spacial score (nSPS) is 17.4. The predicted octanol–water partition coefficient (Wildman–Crippen LogP) is 4.88. The molecule has 2 rings (SSSR count). The second kappa shape index (κ2) is 10.4. The zero-order valence-corrected chi connectivity index (χ0v) is 18.4. The smallest absolute Gasteiger partial charge is 0.291 e. The highest BCUT2D eigenvalue weighted by Crippen LogP contribution is 2.28. The van der Waals surface area contributed by atoms with Crippen LogP contribution in [0.15, 0.2) is 24.3 Å². The van der Waals surface area contributed by atoms with E-state index in [9.17, 15) is 14.4 Å². The number of halogens is 1. The number of nitrogens with zero attached hydrogens (tertiary/aromatic N) is 1. The van der Waals surface area contributed by atoms with Crippen molar-refractivity contribution in [1.82, 2.24) is 4.90 Å². The first-order valence-corrected chi connectivity index (χ1v) is 10.9. The summed E-state index contributed by atoms with van der Waals surface area (Å²) in [5.41, 5.74) is 0.408. The number of unbranched alkanes of at least 4 members (excludes halogenated alkanes) is 2. The topological polar surface area (TPSA) is 54.5 Å². The summed E-state index contributed by atoms with van der Waals surface area (Å²) in [6.45, 7) is 4.10. The number of aryl methyl sites for hydroxylation is 1. The molecule has 28 heavy (non-hydrogen) atoms. The molecule has 4 nitrogen and oxygen atoms in total. The second-order valence-electron chi connectivity index (χ2n) is 8.21. The number of piperidine rings is 1. The molecule has 1 amide bonds. The quantitative estimate of drug-likeness (QED) is 0.350. The highest BCUT2D eigenvalue weighted by molar-refractivity contribution is 7.96. The molecule has 1 aromatic carbocycles. The molecule has 1 unspecified atom stereocenters. The highest BCUT2D eigenvalue weighted by atomic mass is 35.5. The lowest BCUT2D eigenvalue weighted by Crippen LogP contribution is -2.51. The summed E-state index contributed by atoms with van der Waals surface area (Å²) < 4.78 is 0. The fraction of sp³-hybridized carbons (Fsp3) is 0.591. The molecular formula is C22H30ClNO3S. The van der Waals surface area contributed by atoms with Crippen LogP contribution in [0.1, 0.15) is 64.4 Å². The number of thiol groups is 1. The Kier molecular flexibility index (Phi) is 8.56. The summed E-state index contributed by atoms with van der Waals surface area (Å²) in [4.78, 5) is 38.7. The SMILES string of the molecule is CC(C)(CCCCCc1ccccc1Cl)C(=O)C(=O)N1CCCCC1C(=O)S. The van der Waals surface area contributed by atoms with Gasteiger partial charge in [-0.25, -0.2) is 0 Å².